The quantitative estimate of drug-likeness (QED) is 0.218. The van der Waals surface area contributed by atoms with Crippen LogP contribution in [0, 0.1) is 17.7 Å². The number of hydrogen-bond donors (Lipinski definition) is 2. The number of ether oxygens (including phenoxy) is 1. The van der Waals surface area contributed by atoms with Gasteiger partial charge in [0.25, 0.3) is 5.91 Å². The molecule has 2 bridgehead atoms. The molecule has 3 aromatic heterocycles. The summed E-state index contributed by atoms with van der Waals surface area (Å²) in [6, 6.07) is 8.87. The minimum atomic E-state index is -0.611. The molecule has 2 amide bonds. The van der Waals surface area contributed by atoms with Crippen LogP contribution >= 0.6 is 11.6 Å². The van der Waals surface area contributed by atoms with Gasteiger partial charge in [-0.05, 0) is 76.5 Å². The third kappa shape index (κ3) is 4.67. The van der Waals surface area contributed by atoms with Crippen LogP contribution in [0.15, 0.2) is 36.5 Å². The molecule has 1 aliphatic heterocycles. The Morgan fingerprint density at radius 2 is 1.93 bits per heavy atom. The number of H-pyrrole nitrogens is 1. The number of aromatic nitrogens is 4. The minimum Gasteiger partial charge on any atom is -0.444 e. The van der Waals surface area contributed by atoms with Crippen LogP contribution in [0.25, 0.3) is 44.4 Å². The van der Waals surface area contributed by atoms with Crippen molar-refractivity contribution < 1.29 is 18.7 Å². The number of halogens is 2. The van der Waals surface area contributed by atoms with E-state index in [1.54, 1.807) is 15.5 Å². The number of hydrogen-bond acceptors (Lipinski definition) is 4. The van der Waals surface area contributed by atoms with E-state index in [0.29, 0.717) is 34.3 Å². The van der Waals surface area contributed by atoms with Crippen molar-refractivity contribution in [3.8, 4) is 11.5 Å². The summed E-state index contributed by atoms with van der Waals surface area (Å²) in [6.45, 7) is 6.81. The number of imidazole rings is 1. The van der Waals surface area contributed by atoms with Gasteiger partial charge in [0, 0.05) is 42.7 Å². The number of amides is 2. The van der Waals surface area contributed by atoms with E-state index in [1.807, 2.05) is 40.1 Å². The molecule has 3 atom stereocenters. The van der Waals surface area contributed by atoms with Gasteiger partial charge in [-0.15, -0.1) is 0 Å². The fourth-order valence-electron chi connectivity index (χ4n) is 7.56. The summed E-state index contributed by atoms with van der Waals surface area (Å²) in [4.78, 5) is 36.4. The number of alkyl carbamates (subject to hydrolysis) is 1. The molecule has 8 rings (SSSR count). The summed E-state index contributed by atoms with van der Waals surface area (Å²) in [5.41, 5.74) is 3.36. The fourth-order valence-corrected chi connectivity index (χ4v) is 7.77. The van der Waals surface area contributed by atoms with E-state index in [2.05, 4.69) is 27.0 Å². The lowest BCUT2D eigenvalue weighted by molar-refractivity contribution is 0.0485. The second-order valence-corrected chi connectivity index (χ2v) is 14.4. The van der Waals surface area contributed by atoms with E-state index >= 15 is 4.39 Å². The van der Waals surface area contributed by atoms with E-state index in [4.69, 9.17) is 21.3 Å². The largest absolute Gasteiger partial charge is 0.444 e. The summed E-state index contributed by atoms with van der Waals surface area (Å²) in [6.07, 6.45) is 5.38. The lowest BCUT2D eigenvalue weighted by atomic mass is 10.1. The van der Waals surface area contributed by atoms with Gasteiger partial charge < -0.3 is 29.1 Å². The number of nitrogens with one attached hydrogen (secondary N) is 2. The lowest BCUT2D eigenvalue weighted by Crippen LogP contribution is -2.46. The van der Waals surface area contributed by atoms with Gasteiger partial charge in [0.05, 0.1) is 39.4 Å². The molecule has 2 aliphatic carbocycles. The molecule has 0 spiro atoms. The number of piperidine rings is 1. The van der Waals surface area contributed by atoms with Crippen molar-refractivity contribution in [2.45, 2.75) is 70.7 Å². The van der Waals surface area contributed by atoms with Crippen molar-refractivity contribution in [1.82, 2.24) is 29.3 Å². The maximum absolute atomic E-state index is 15.9. The van der Waals surface area contributed by atoms with Crippen molar-refractivity contribution in [2.24, 2.45) is 18.9 Å². The van der Waals surface area contributed by atoms with Gasteiger partial charge in [0.15, 0.2) is 5.82 Å². The Hall–Kier alpha value is -4.05. The molecular weight excluding hydrogens is 595 g/mol. The summed E-state index contributed by atoms with van der Waals surface area (Å²) in [7, 11) is 1.82. The first-order chi connectivity index (χ1) is 21.5. The molecular formula is C34H36ClFN6O3. The molecule has 2 saturated carbocycles. The lowest BCUT2D eigenvalue weighted by Gasteiger charge is -2.28. The predicted octanol–water partition coefficient (Wildman–Crippen LogP) is 7.01. The van der Waals surface area contributed by atoms with Crippen LogP contribution in [0.1, 0.15) is 56.8 Å². The van der Waals surface area contributed by atoms with Crippen molar-refractivity contribution in [3.63, 3.8) is 0 Å². The Labute approximate surface area is 264 Å². The molecule has 45 heavy (non-hydrogen) atoms. The number of carbonyl (C=O) groups excluding carboxylic acids is 2. The molecule has 1 saturated heterocycles. The van der Waals surface area contributed by atoms with Crippen LogP contribution in [-0.4, -0.2) is 60.2 Å². The van der Waals surface area contributed by atoms with E-state index in [9.17, 15) is 9.59 Å². The highest BCUT2D eigenvalue weighted by Crippen LogP contribution is 2.41. The molecule has 11 heteroatoms. The molecule has 3 fully saturated rings. The summed E-state index contributed by atoms with van der Waals surface area (Å²) in [5, 5.41) is 5.68. The Bertz CT molecular complexity index is 2030. The van der Waals surface area contributed by atoms with Crippen LogP contribution in [0.5, 0.6) is 0 Å². The standard InChI is InChI=1S/C34H36ClFN6O3/c1-34(2,3)45-33(44)39-27-19-8-10-25(27)42(16-19)32(43)20-11-23(36)30-24(12-20)38-31(40(30)4)26-13-18-7-9-21-22(35)14-37-28(21)29(18)41(26)15-17-5-6-17/h7,9,11-14,17,19,25,27,37H,5-6,8,10,15-16H2,1-4H3,(H,39,44)/t19-,25-,27-/m1/s1. The summed E-state index contributed by atoms with van der Waals surface area (Å²) < 4.78 is 25.4. The van der Waals surface area contributed by atoms with Gasteiger partial charge in [0.2, 0.25) is 0 Å². The number of aromatic amines is 1. The number of rotatable bonds is 5. The van der Waals surface area contributed by atoms with Crippen LogP contribution < -0.4 is 5.32 Å². The van der Waals surface area contributed by atoms with Gasteiger partial charge >= 0.3 is 6.09 Å². The van der Waals surface area contributed by atoms with E-state index in [1.165, 1.54) is 18.9 Å². The van der Waals surface area contributed by atoms with E-state index < -0.39 is 17.5 Å². The number of fused-ring (bicyclic) bond motifs is 6. The topological polar surface area (TPSA) is 97.2 Å². The van der Waals surface area contributed by atoms with E-state index in [-0.39, 0.29) is 29.5 Å². The monoisotopic (exact) mass is 630 g/mol. The second-order valence-electron chi connectivity index (χ2n) is 14.0. The molecule has 2 N–H and O–H groups in total. The smallest absolute Gasteiger partial charge is 0.407 e. The highest BCUT2D eigenvalue weighted by molar-refractivity contribution is 6.36. The van der Waals surface area contributed by atoms with Gasteiger partial charge in [0.1, 0.15) is 16.9 Å². The first-order valence-corrected chi connectivity index (χ1v) is 16.1. The van der Waals surface area contributed by atoms with Gasteiger partial charge in [-0.2, -0.15) is 0 Å². The number of likely N-dealkylation sites (tertiary alicyclic amines) is 1. The fraction of sp³-hybridized carbons (Fsp3) is 0.441. The number of carbonyl (C=O) groups is 2. The van der Waals surface area contributed by atoms with Crippen LogP contribution in [0.2, 0.25) is 5.02 Å². The molecule has 3 aliphatic rings. The van der Waals surface area contributed by atoms with Gasteiger partial charge in [-0.25, -0.2) is 14.2 Å². The first-order valence-electron chi connectivity index (χ1n) is 15.7. The predicted molar refractivity (Wildman–Crippen MR) is 172 cm³/mol. The first kappa shape index (κ1) is 28.4. The average molecular weight is 631 g/mol. The highest BCUT2D eigenvalue weighted by Gasteiger charge is 2.50. The molecule has 0 unspecified atom stereocenters. The van der Waals surface area contributed by atoms with Crippen LogP contribution in [0.4, 0.5) is 9.18 Å². The second kappa shape index (κ2) is 9.97. The molecule has 0 radical (unpaired) electrons. The summed E-state index contributed by atoms with van der Waals surface area (Å²) in [5.74, 6) is 0.613. The maximum Gasteiger partial charge on any atom is 0.407 e. The zero-order valence-electron chi connectivity index (χ0n) is 25.8. The Morgan fingerprint density at radius 3 is 2.69 bits per heavy atom. The zero-order chi connectivity index (χ0) is 31.4. The van der Waals surface area contributed by atoms with Crippen LogP contribution in [0.3, 0.4) is 0 Å². The summed E-state index contributed by atoms with van der Waals surface area (Å²) >= 11 is 6.47. The van der Waals surface area contributed by atoms with Gasteiger partial charge in [-0.1, -0.05) is 23.7 Å². The number of benzene rings is 2. The number of nitrogens with zero attached hydrogens (tertiary/aromatic N) is 4. The third-order valence-corrected chi connectivity index (χ3v) is 10.0. The molecule has 9 nitrogen and oxygen atoms in total. The minimum absolute atomic E-state index is 0.135. The average Bonchev–Trinajstić information content (AvgIpc) is 3.23. The van der Waals surface area contributed by atoms with Crippen molar-refractivity contribution in [1.29, 1.82) is 0 Å². The van der Waals surface area contributed by atoms with Gasteiger partial charge in [-0.3, -0.25) is 4.79 Å². The molecule has 2 aromatic carbocycles. The van der Waals surface area contributed by atoms with Crippen molar-refractivity contribution >= 4 is 56.4 Å². The number of aryl methyl sites for hydroxylation is 1. The SMILES string of the molecule is Cn1c(-c2cc3ccc4c(Cl)c[nH]c4c3n2CC2CC2)nc2cc(C(=O)N3C[C@H]4CC[C@@H]3[C@@H]4NC(=O)OC(C)(C)C)cc(F)c21. The molecule has 5 aromatic rings. The van der Waals surface area contributed by atoms with E-state index in [0.717, 1.165) is 46.9 Å². The Kier molecular flexibility index (Phi) is 6.30. The van der Waals surface area contributed by atoms with Crippen molar-refractivity contribution in [3.05, 3.63) is 52.9 Å². The zero-order valence-corrected chi connectivity index (χ0v) is 26.5. The highest BCUT2D eigenvalue weighted by atomic mass is 35.5. The normalized spacial score (nSPS) is 21.5. The molecule has 234 valence electrons. The Morgan fingerprint density at radius 1 is 1.13 bits per heavy atom. The Balaban J connectivity index is 1.15. The third-order valence-electron chi connectivity index (χ3n) is 9.73. The van der Waals surface area contributed by atoms with Crippen molar-refractivity contribution in [2.75, 3.05) is 6.54 Å². The van der Waals surface area contributed by atoms with Crippen LogP contribution in [-0.2, 0) is 18.3 Å². The molecule has 4 heterocycles. The maximum atomic E-state index is 15.9.